The van der Waals surface area contributed by atoms with Crippen molar-refractivity contribution in [3.8, 4) is 0 Å². The van der Waals surface area contributed by atoms with Gasteiger partial charge in [0.15, 0.2) is 0 Å². The van der Waals surface area contributed by atoms with E-state index >= 15 is 0 Å². The molecule has 106 valence electrons. The van der Waals surface area contributed by atoms with E-state index < -0.39 is 5.97 Å². The summed E-state index contributed by atoms with van der Waals surface area (Å²) in [6.45, 7) is 5.04. The highest BCUT2D eigenvalue weighted by molar-refractivity contribution is 5.93. The van der Waals surface area contributed by atoms with E-state index in [-0.39, 0.29) is 11.9 Å². The third-order valence-electron chi connectivity index (χ3n) is 2.75. The van der Waals surface area contributed by atoms with Crippen molar-refractivity contribution < 1.29 is 14.6 Å². The molecule has 0 aliphatic rings. The predicted molar refractivity (Wildman–Crippen MR) is 76.1 cm³/mol. The van der Waals surface area contributed by atoms with Crippen LogP contribution < -0.4 is 5.32 Å². The average Bonchev–Trinajstić information content (AvgIpc) is 2.44. The standard InChI is InChI=1S/C14H17N3O3/c1-3-20-8-9(2)15-12-10-6-4-5-7-11(10)16-13(17-12)14(18)19/h4-7,9H,3,8H2,1-2H3,(H,18,19)(H,15,16,17). The zero-order valence-corrected chi connectivity index (χ0v) is 11.5. The summed E-state index contributed by atoms with van der Waals surface area (Å²) in [6.07, 6.45) is 0. The summed E-state index contributed by atoms with van der Waals surface area (Å²) in [4.78, 5) is 19.2. The number of aromatic nitrogens is 2. The lowest BCUT2D eigenvalue weighted by molar-refractivity contribution is 0.0684. The van der Waals surface area contributed by atoms with Gasteiger partial charge in [0.05, 0.1) is 12.1 Å². The van der Waals surface area contributed by atoms with E-state index in [1.807, 2.05) is 32.0 Å². The molecule has 1 unspecified atom stereocenters. The first-order valence-electron chi connectivity index (χ1n) is 6.46. The second-order valence-electron chi connectivity index (χ2n) is 4.42. The summed E-state index contributed by atoms with van der Waals surface area (Å²) in [5, 5.41) is 13.0. The van der Waals surface area contributed by atoms with Crippen molar-refractivity contribution in [1.29, 1.82) is 0 Å². The van der Waals surface area contributed by atoms with E-state index in [0.29, 0.717) is 24.5 Å². The molecule has 0 saturated heterocycles. The molecule has 0 amide bonds. The first kappa shape index (κ1) is 14.2. The fourth-order valence-electron chi connectivity index (χ4n) is 1.85. The van der Waals surface area contributed by atoms with Crippen LogP contribution in [0.1, 0.15) is 24.5 Å². The summed E-state index contributed by atoms with van der Waals surface area (Å²) in [6, 6.07) is 7.33. The van der Waals surface area contributed by atoms with E-state index in [0.717, 1.165) is 5.39 Å². The van der Waals surface area contributed by atoms with Crippen molar-refractivity contribution in [3.63, 3.8) is 0 Å². The molecule has 1 aromatic heterocycles. The minimum absolute atomic E-state index is 0.0231. The highest BCUT2D eigenvalue weighted by Crippen LogP contribution is 2.20. The number of carbonyl (C=O) groups is 1. The molecule has 1 atom stereocenters. The highest BCUT2D eigenvalue weighted by atomic mass is 16.5. The zero-order chi connectivity index (χ0) is 14.5. The molecule has 1 heterocycles. The number of nitrogens with one attached hydrogen (secondary N) is 1. The number of anilines is 1. The normalized spacial score (nSPS) is 12.3. The first-order chi connectivity index (χ1) is 9.61. The molecule has 6 heteroatoms. The molecule has 1 aromatic carbocycles. The molecule has 0 bridgehead atoms. The van der Waals surface area contributed by atoms with Crippen LogP contribution in [-0.4, -0.2) is 40.3 Å². The van der Waals surface area contributed by atoms with Crippen LogP contribution in [0.2, 0.25) is 0 Å². The summed E-state index contributed by atoms with van der Waals surface area (Å²) in [7, 11) is 0. The molecule has 0 aliphatic heterocycles. The van der Waals surface area contributed by atoms with Crippen LogP contribution in [-0.2, 0) is 4.74 Å². The minimum atomic E-state index is -1.14. The van der Waals surface area contributed by atoms with E-state index in [1.54, 1.807) is 6.07 Å². The highest BCUT2D eigenvalue weighted by Gasteiger charge is 2.14. The topological polar surface area (TPSA) is 84.3 Å². The Labute approximate surface area is 116 Å². The lowest BCUT2D eigenvalue weighted by atomic mass is 10.2. The van der Waals surface area contributed by atoms with E-state index in [1.165, 1.54) is 0 Å². The van der Waals surface area contributed by atoms with Crippen molar-refractivity contribution in [2.45, 2.75) is 19.9 Å². The maximum absolute atomic E-state index is 11.1. The second-order valence-corrected chi connectivity index (χ2v) is 4.42. The predicted octanol–water partition coefficient (Wildman–Crippen LogP) is 2.16. The third-order valence-corrected chi connectivity index (χ3v) is 2.75. The Hall–Kier alpha value is -2.21. The van der Waals surface area contributed by atoms with Gasteiger partial charge in [-0.05, 0) is 26.0 Å². The number of para-hydroxylation sites is 1. The maximum Gasteiger partial charge on any atom is 0.374 e. The number of benzene rings is 1. The summed E-state index contributed by atoms with van der Waals surface area (Å²) in [5.74, 6) is -0.841. The van der Waals surface area contributed by atoms with Crippen molar-refractivity contribution in [3.05, 3.63) is 30.1 Å². The van der Waals surface area contributed by atoms with Crippen LogP contribution >= 0.6 is 0 Å². The molecule has 2 aromatic rings. The van der Waals surface area contributed by atoms with Gasteiger partial charge in [-0.15, -0.1) is 0 Å². The SMILES string of the molecule is CCOCC(C)Nc1nc(C(=O)O)nc2ccccc12. The first-order valence-corrected chi connectivity index (χ1v) is 6.46. The Morgan fingerprint density at radius 2 is 2.15 bits per heavy atom. The molecule has 0 radical (unpaired) electrons. The number of hydrogen-bond donors (Lipinski definition) is 2. The Bertz CT molecular complexity index is 616. The van der Waals surface area contributed by atoms with E-state index in [9.17, 15) is 4.79 Å². The summed E-state index contributed by atoms with van der Waals surface area (Å²) >= 11 is 0. The molecule has 2 N–H and O–H groups in total. The van der Waals surface area contributed by atoms with Crippen molar-refractivity contribution >= 4 is 22.7 Å². The van der Waals surface area contributed by atoms with Crippen molar-refractivity contribution in [2.75, 3.05) is 18.5 Å². The van der Waals surface area contributed by atoms with Gasteiger partial charge in [0.1, 0.15) is 5.82 Å². The molecule has 2 rings (SSSR count). The molecular weight excluding hydrogens is 258 g/mol. The average molecular weight is 275 g/mol. The Balaban J connectivity index is 2.37. The molecule has 0 spiro atoms. The number of carboxylic acid groups (broad SMARTS) is 1. The van der Waals surface area contributed by atoms with Gasteiger partial charge in [-0.3, -0.25) is 0 Å². The fourth-order valence-corrected chi connectivity index (χ4v) is 1.85. The van der Waals surface area contributed by atoms with Crippen LogP contribution in [0.25, 0.3) is 10.9 Å². The Morgan fingerprint density at radius 3 is 2.85 bits per heavy atom. The number of hydrogen-bond acceptors (Lipinski definition) is 5. The number of carboxylic acids is 1. The van der Waals surface area contributed by atoms with E-state index in [4.69, 9.17) is 9.84 Å². The number of aromatic carboxylic acids is 1. The van der Waals surface area contributed by atoms with Gasteiger partial charge >= 0.3 is 5.97 Å². The Morgan fingerprint density at radius 1 is 1.40 bits per heavy atom. The largest absolute Gasteiger partial charge is 0.475 e. The molecule has 6 nitrogen and oxygen atoms in total. The van der Waals surface area contributed by atoms with Gasteiger partial charge < -0.3 is 15.2 Å². The van der Waals surface area contributed by atoms with Gasteiger partial charge in [-0.25, -0.2) is 14.8 Å². The number of rotatable bonds is 6. The quantitative estimate of drug-likeness (QED) is 0.840. The molecule has 0 saturated carbocycles. The van der Waals surface area contributed by atoms with Crippen LogP contribution in [0, 0.1) is 0 Å². The summed E-state index contributed by atoms with van der Waals surface area (Å²) in [5.41, 5.74) is 0.603. The monoisotopic (exact) mass is 275 g/mol. The van der Waals surface area contributed by atoms with Gasteiger partial charge in [-0.1, -0.05) is 12.1 Å². The number of nitrogens with zero attached hydrogens (tertiary/aromatic N) is 2. The van der Waals surface area contributed by atoms with Gasteiger partial charge in [0.2, 0.25) is 5.82 Å². The number of fused-ring (bicyclic) bond motifs is 1. The summed E-state index contributed by atoms with van der Waals surface area (Å²) < 4.78 is 5.34. The Kier molecular flexibility index (Phi) is 4.47. The zero-order valence-electron chi connectivity index (χ0n) is 11.5. The van der Waals surface area contributed by atoms with E-state index in [2.05, 4.69) is 15.3 Å². The van der Waals surface area contributed by atoms with Crippen molar-refractivity contribution in [2.24, 2.45) is 0 Å². The second kappa shape index (κ2) is 6.29. The smallest absolute Gasteiger partial charge is 0.374 e. The molecular formula is C14H17N3O3. The number of ether oxygens (including phenoxy) is 1. The van der Waals surface area contributed by atoms with Crippen LogP contribution in [0.3, 0.4) is 0 Å². The van der Waals surface area contributed by atoms with Crippen LogP contribution in [0.4, 0.5) is 5.82 Å². The minimum Gasteiger partial charge on any atom is -0.475 e. The van der Waals surface area contributed by atoms with Gasteiger partial charge in [0, 0.05) is 18.0 Å². The lowest BCUT2D eigenvalue weighted by Gasteiger charge is -2.16. The molecule has 0 aliphatic carbocycles. The van der Waals surface area contributed by atoms with Crippen molar-refractivity contribution in [1.82, 2.24) is 9.97 Å². The molecule has 20 heavy (non-hydrogen) atoms. The van der Waals surface area contributed by atoms with Crippen LogP contribution in [0.15, 0.2) is 24.3 Å². The maximum atomic E-state index is 11.1. The third kappa shape index (κ3) is 3.21. The fraction of sp³-hybridized carbons (Fsp3) is 0.357. The lowest BCUT2D eigenvalue weighted by Crippen LogP contribution is -2.23. The molecule has 0 fully saturated rings. The van der Waals surface area contributed by atoms with Gasteiger partial charge in [-0.2, -0.15) is 0 Å². The van der Waals surface area contributed by atoms with Gasteiger partial charge in [0.25, 0.3) is 0 Å². The van der Waals surface area contributed by atoms with Crippen LogP contribution in [0.5, 0.6) is 0 Å².